The Morgan fingerprint density at radius 3 is 2.56 bits per heavy atom. The van der Waals surface area contributed by atoms with E-state index in [1.165, 1.54) is 0 Å². The van der Waals surface area contributed by atoms with Crippen molar-refractivity contribution in [3.05, 3.63) is 30.3 Å². The fourth-order valence-electron chi connectivity index (χ4n) is 1.43. The molecule has 0 aliphatic carbocycles. The Balaban J connectivity index is 2.34. The number of para-hydroxylation sites is 1. The third kappa shape index (κ3) is 4.86. The van der Waals surface area contributed by atoms with E-state index in [4.69, 9.17) is 4.74 Å². The summed E-state index contributed by atoms with van der Waals surface area (Å²) >= 11 is 0. The van der Waals surface area contributed by atoms with Crippen LogP contribution in [-0.2, 0) is 14.3 Å². The smallest absolute Gasteiger partial charge is 0.325 e. The van der Waals surface area contributed by atoms with E-state index in [0.29, 0.717) is 6.61 Å². The second kappa shape index (κ2) is 7.32. The first kappa shape index (κ1) is 14.0. The molecule has 0 heterocycles. The fourth-order valence-corrected chi connectivity index (χ4v) is 1.43. The predicted molar refractivity (Wildman–Crippen MR) is 69.4 cm³/mol. The lowest BCUT2D eigenvalue weighted by molar-refractivity contribution is -0.143. The number of hydrogen-bond acceptors (Lipinski definition) is 4. The predicted octanol–water partition coefficient (Wildman–Crippen LogP) is 0.802. The second-order valence-corrected chi connectivity index (χ2v) is 3.77. The maximum absolute atomic E-state index is 11.6. The van der Waals surface area contributed by atoms with Crippen molar-refractivity contribution in [2.24, 2.45) is 0 Å². The van der Waals surface area contributed by atoms with Gasteiger partial charge in [-0.2, -0.15) is 0 Å². The number of nitrogens with one attached hydrogen (secondary N) is 1. The number of ether oxygens (including phenoxy) is 1. The summed E-state index contributed by atoms with van der Waals surface area (Å²) in [6.07, 6.45) is 0. The van der Waals surface area contributed by atoms with Crippen LogP contribution in [-0.4, -0.2) is 38.6 Å². The summed E-state index contributed by atoms with van der Waals surface area (Å²) in [7, 11) is 1.82. The first-order valence-electron chi connectivity index (χ1n) is 5.82. The molecule has 0 fully saturated rings. The molecule has 5 heteroatoms. The molecule has 1 N–H and O–H groups in total. The molecular weight excluding hydrogens is 232 g/mol. The summed E-state index contributed by atoms with van der Waals surface area (Å²) < 4.78 is 4.71. The average Bonchev–Trinajstić information content (AvgIpc) is 2.38. The van der Waals surface area contributed by atoms with Gasteiger partial charge in [-0.25, -0.2) is 0 Å². The van der Waals surface area contributed by atoms with Gasteiger partial charge in [0, 0.05) is 12.7 Å². The topological polar surface area (TPSA) is 58.6 Å². The minimum atomic E-state index is -0.423. The van der Waals surface area contributed by atoms with E-state index in [9.17, 15) is 9.59 Å². The van der Waals surface area contributed by atoms with Crippen LogP contribution in [0.3, 0.4) is 0 Å². The third-order valence-electron chi connectivity index (χ3n) is 2.31. The van der Waals surface area contributed by atoms with E-state index in [0.717, 1.165) is 5.69 Å². The van der Waals surface area contributed by atoms with Crippen LogP contribution in [0, 0.1) is 0 Å². The average molecular weight is 250 g/mol. The number of nitrogens with zero attached hydrogens (tertiary/aromatic N) is 1. The van der Waals surface area contributed by atoms with Gasteiger partial charge in [-0.05, 0) is 19.1 Å². The number of carbonyl (C=O) groups is 2. The van der Waals surface area contributed by atoms with Crippen LogP contribution < -0.4 is 10.2 Å². The van der Waals surface area contributed by atoms with E-state index >= 15 is 0 Å². The lowest BCUT2D eigenvalue weighted by atomic mass is 10.3. The summed E-state index contributed by atoms with van der Waals surface area (Å²) in [5, 5.41) is 2.51. The van der Waals surface area contributed by atoms with Gasteiger partial charge in [0.1, 0.15) is 6.54 Å². The number of carbonyl (C=O) groups excluding carboxylic acids is 2. The van der Waals surface area contributed by atoms with Crippen LogP contribution in [0.15, 0.2) is 30.3 Å². The molecule has 0 radical (unpaired) electrons. The molecular formula is C13H18N2O3. The minimum absolute atomic E-state index is 0.0880. The van der Waals surface area contributed by atoms with Gasteiger partial charge < -0.3 is 15.0 Å². The van der Waals surface area contributed by atoms with Crippen molar-refractivity contribution < 1.29 is 14.3 Å². The Morgan fingerprint density at radius 2 is 1.94 bits per heavy atom. The van der Waals surface area contributed by atoms with Crippen LogP contribution in [0.1, 0.15) is 6.92 Å². The highest BCUT2D eigenvalue weighted by Crippen LogP contribution is 2.09. The van der Waals surface area contributed by atoms with E-state index in [-0.39, 0.29) is 19.0 Å². The highest BCUT2D eigenvalue weighted by Gasteiger charge is 2.09. The number of likely N-dealkylation sites (N-methyl/N-ethyl adjacent to an activating group) is 1. The van der Waals surface area contributed by atoms with E-state index in [1.807, 2.05) is 37.4 Å². The van der Waals surface area contributed by atoms with Crippen molar-refractivity contribution in [2.45, 2.75) is 6.92 Å². The van der Waals surface area contributed by atoms with Crippen molar-refractivity contribution >= 4 is 17.6 Å². The largest absolute Gasteiger partial charge is 0.465 e. The lowest BCUT2D eigenvalue weighted by Crippen LogP contribution is -2.38. The van der Waals surface area contributed by atoms with E-state index in [1.54, 1.807) is 11.8 Å². The van der Waals surface area contributed by atoms with E-state index < -0.39 is 5.97 Å². The van der Waals surface area contributed by atoms with Gasteiger partial charge in [0.15, 0.2) is 0 Å². The molecule has 0 bridgehead atoms. The minimum Gasteiger partial charge on any atom is -0.465 e. The molecule has 0 spiro atoms. The monoisotopic (exact) mass is 250 g/mol. The Labute approximate surface area is 107 Å². The number of anilines is 1. The van der Waals surface area contributed by atoms with Crippen molar-refractivity contribution in [1.29, 1.82) is 0 Å². The van der Waals surface area contributed by atoms with Crippen LogP contribution in [0.2, 0.25) is 0 Å². The Bertz CT molecular complexity index is 392. The summed E-state index contributed by atoms with van der Waals surface area (Å²) in [5.74, 6) is -0.636. The van der Waals surface area contributed by atoms with Crippen LogP contribution in [0.4, 0.5) is 5.69 Å². The van der Waals surface area contributed by atoms with Crippen molar-refractivity contribution in [2.75, 3.05) is 31.6 Å². The highest BCUT2D eigenvalue weighted by atomic mass is 16.5. The summed E-state index contributed by atoms with van der Waals surface area (Å²) in [5.41, 5.74) is 0.948. The van der Waals surface area contributed by atoms with Crippen molar-refractivity contribution in [1.82, 2.24) is 5.32 Å². The third-order valence-corrected chi connectivity index (χ3v) is 2.31. The van der Waals surface area contributed by atoms with Gasteiger partial charge in [-0.3, -0.25) is 9.59 Å². The summed E-state index contributed by atoms with van der Waals surface area (Å²) in [6.45, 7) is 2.15. The van der Waals surface area contributed by atoms with Crippen molar-refractivity contribution in [3.8, 4) is 0 Å². The number of rotatable bonds is 6. The number of amides is 1. The van der Waals surface area contributed by atoms with Crippen LogP contribution in [0.5, 0.6) is 0 Å². The molecule has 0 saturated heterocycles. The molecule has 0 aliphatic rings. The standard InChI is InChI=1S/C13H18N2O3/c1-3-18-13(17)9-14-12(16)10-15(2)11-7-5-4-6-8-11/h4-8H,3,9-10H2,1-2H3,(H,14,16). The molecule has 0 atom stereocenters. The van der Waals surface area contributed by atoms with Crippen molar-refractivity contribution in [3.63, 3.8) is 0 Å². The maximum atomic E-state index is 11.6. The quantitative estimate of drug-likeness (QED) is 0.759. The zero-order chi connectivity index (χ0) is 13.4. The molecule has 0 aromatic heterocycles. The Kier molecular flexibility index (Phi) is 5.70. The lowest BCUT2D eigenvalue weighted by Gasteiger charge is -2.18. The zero-order valence-corrected chi connectivity index (χ0v) is 10.7. The van der Waals surface area contributed by atoms with Gasteiger partial charge in [0.05, 0.1) is 13.2 Å². The molecule has 1 rings (SSSR count). The molecule has 0 aliphatic heterocycles. The second-order valence-electron chi connectivity index (χ2n) is 3.77. The van der Waals surface area contributed by atoms with Gasteiger partial charge in [0.2, 0.25) is 5.91 Å². The number of hydrogen-bond donors (Lipinski definition) is 1. The molecule has 18 heavy (non-hydrogen) atoms. The summed E-state index contributed by atoms with van der Waals surface area (Å²) in [6, 6.07) is 9.56. The van der Waals surface area contributed by atoms with Gasteiger partial charge in [0.25, 0.3) is 0 Å². The number of esters is 1. The van der Waals surface area contributed by atoms with Crippen LogP contribution in [0.25, 0.3) is 0 Å². The first-order valence-corrected chi connectivity index (χ1v) is 5.82. The SMILES string of the molecule is CCOC(=O)CNC(=O)CN(C)c1ccccc1. The molecule has 98 valence electrons. The Morgan fingerprint density at radius 1 is 1.28 bits per heavy atom. The normalized spacial score (nSPS) is 9.67. The van der Waals surface area contributed by atoms with E-state index in [2.05, 4.69) is 5.32 Å². The maximum Gasteiger partial charge on any atom is 0.325 e. The highest BCUT2D eigenvalue weighted by molar-refractivity contribution is 5.85. The fraction of sp³-hybridized carbons (Fsp3) is 0.385. The van der Waals surface area contributed by atoms with Crippen LogP contribution >= 0.6 is 0 Å². The molecule has 1 aromatic rings. The van der Waals surface area contributed by atoms with Gasteiger partial charge in [-0.15, -0.1) is 0 Å². The molecule has 1 aromatic carbocycles. The zero-order valence-electron chi connectivity index (χ0n) is 10.7. The first-order chi connectivity index (χ1) is 8.63. The van der Waals surface area contributed by atoms with Gasteiger partial charge >= 0.3 is 5.97 Å². The molecule has 5 nitrogen and oxygen atoms in total. The Hall–Kier alpha value is -2.04. The summed E-state index contributed by atoms with van der Waals surface area (Å²) in [4.78, 5) is 24.4. The number of benzene rings is 1. The molecule has 0 unspecified atom stereocenters. The van der Waals surface area contributed by atoms with Gasteiger partial charge in [-0.1, -0.05) is 18.2 Å². The molecule has 1 amide bonds. The molecule has 0 saturated carbocycles.